The maximum absolute atomic E-state index is 10.9. The maximum atomic E-state index is 10.9. The summed E-state index contributed by atoms with van der Waals surface area (Å²) in [5.74, 6) is 0. The van der Waals surface area contributed by atoms with Crippen LogP contribution in [0.5, 0.6) is 0 Å². The average Bonchev–Trinajstić information content (AvgIpc) is 2.38. The third-order valence-electron chi connectivity index (χ3n) is 3.26. The fourth-order valence-electron chi connectivity index (χ4n) is 2.16. The first-order valence-corrected chi connectivity index (χ1v) is 6.10. The van der Waals surface area contributed by atoms with Crippen molar-refractivity contribution in [3.8, 4) is 0 Å². The lowest BCUT2D eigenvalue weighted by Gasteiger charge is -2.35. The SMILES string of the molecule is O=C(O)N1CC[C@@H](O)[C@H](NCc2ccccc2)C1. The van der Waals surface area contributed by atoms with Gasteiger partial charge in [-0.3, -0.25) is 0 Å². The number of benzene rings is 1. The lowest BCUT2D eigenvalue weighted by molar-refractivity contribution is 0.0473. The van der Waals surface area contributed by atoms with Gasteiger partial charge in [0.1, 0.15) is 0 Å². The van der Waals surface area contributed by atoms with Crippen molar-refractivity contribution in [1.29, 1.82) is 0 Å². The lowest BCUT2D eigenvalue weighted by atomic mass is 10.0. The highest BCUT2D eigenvalue weighted by molar-refractivity contribution is 5.65. The molecule has 0 saturated carbocycles. The first-order chi connectivity index (χ1) is 8.66. The normalized spacial score (nSPS) is 23.9. The number of hydrogen-bond acceptors (Lipinski definition) is 3. The van der Waals surface area contributed by atoms with E-state index < -0.39 is 12.2 Å². The Balaban J connectivity index is 1.89. The minimum Gasteiger partial charge on any atom is -0.465 e. The molecule has 1 fully saturated rings. The van der Waals surface area contributed by atoms with Gasteiger partial charge < -0.3 is 20.4 Å². The average molecular weight is 250 g/mol. The molecule has 1 aliphatic heterocycles. The molecule has 1 aromatic carbocycles. The van der Waals surface area contributed by atoms with E-state index in [1.807, 2.05) is 30.3 Å². The van der Waals surface area contributed by atoms with Crippen LogP contribution in [0.25, 0.3) is 0 Å². The smallest absolute Gasteiger partial charge is 0.407 e. The molecule has 5 heteroatoms. The van der Waals surface area contributed by atoms with Crippen LogP contribution in [-0.4, -0.2) is 46.4 Å². The Kier molecular flexibility index (Phi) is 4.17. The van der Waals surface area contributed by atoms with Crippen molar-refractivity contribution in [2.75, 3.05) is 13.1 Å². The van der Waals surface area contributed by atoms with Gasteiger partial charge in [-0.2, -0.15) is 0 Å². The lowest BCUT2D eigenvalue weighted by Crippen LogP contribution is -2.54. The van der Waals surface area contributed by atoms with Crippen molar-refractivity contribution < 1.29 is 15.0 Å². The Hall–Kier alpha value is -1.59. The van der Waals surface area contributed by atoms with E-state index in [0.29, 0.717) is 26.1 Å². The molecular weight excluding hydrogens is 232 g/mol. The second-order valence-electron chi connectivity index (χ2n) is 4.56. The van der Waals surface area contributed by atoms with Crippen LogP contribution in [0.4, 0.5) is 4.79 Å². The fraction of sp³-hybridized carbons (Fsp3) is 0.462. The van der Waals surface area contributed by atoms with Gasteiger partial charge in [-0.15, -0.1) is 0 Å². The summed E-state index contributed by atoms with van der Waals surface area (Å²) in [6, 6.07) is 9.66. The minimum absolute atomic E-state index is 0.199. The maximum Gasteiger partial charge on any atom is 0.407 e. The molecule has 0 bridgehead atoms. The van der Waals surface area contributed by atoms with Crippen LogP contribution in [0.3, 0.4) is 0 Å². The molecule has 1 saturated heterocycles. The van der Waals surface area contributed by atoms with Gasteiger partial charge in [-0.25, -0.2) is 4.79 Å². The van der Waals surface area contributed by atoms with Gasteiger partial charge >= 0.3 is 6.09 Å². The van der Waals surface area contributed by atoms with E-state index in [0.717, 1.165) is 5.56 Å². The Labute approximate surface area is 106 Å². The van der Waals surface area contributed by atoms with E-state index in [4.69, 9.17) is 5.11 Å². The minimum atomic E-state index is -0.923. The van der Waals surface area contributed by atoms with E-state index in [9.17, 15) is 9.90 Å². The number of aliphatic hydroxyl groups excluding tert-OH is 1. The summed E-state index contributed by atoms with van der Waals surface area (Å²) in [5, 5.41) is 22.0. The van der Waals surface area contributed by atoms with Crippen LogP contribution >= 0.6 is 0 Å². The Morgan fingerprint density at radius 1 is 1.39 bits per heavy atom. The van der Waals surface area contributed by atoms with Crippen molar-refractivity contribution in [2.45, 2.75) is 25.1 Å². The highest BCUT2D eigenvalue weighted by atomic mass is 16.4. The van der Waals surface area contributed by atoms with Crippen LogP contribution in [-0.2, 0) is 6.54 Å². The van der Waals surface area contributed by atoms with Gasteiger partial charge in [-0.1, -0.05) is 30.3 Å². The van der Waals surface area contributed by atoms with E-state index in [1.54, 1.807) is 0 Å². The van der Waals surface area contributed by atoms with Crippen molar-refractivity contribution in [3.05, 3.63) is 35.9 Å². The zero-order valence-corrected chi connectivity index (χ0v) is 10.1. The van der Waals surface area contributed by atoms with Gasteiger partial charge in [0.2, 0.25) is 0 Å². The van der Waals surface area contributed by atoms with Crippen molar-refractivity contribution in [2.24, 2.45) is 0 Å². The zero-order valence-electron chi connectivity index (χ0n) is 10.1. The summed E-state index contributed by atoms with van der Waals surface area (Å²) in [4.78, 5) is 12.2. The summed E-state index contributed by atoms with van der Waals surface area (Å²) in [7, 11) is 0. The van der Waals surface area contributed by atoms with Crippen molar-refractivity contribution >= 4 is 6.09 Å². The molecule has 0 aliphatic carbocycles. The van der Waals surface area contributed by atoms with Gasteiger partial charge in [-0.05, 0) is 12.0 Å². The number of aliphatic hydroxyl groups is 1. The molecule has 1 heterocycles. The quantitative estimate of drug-likeness (QED) is 0.745. The van der Waals surface area contributed by atoms with Gasteiger partial charge in [0.15, 0.2) is 0 Å². The van der Waals surface area contributed by atoms with E-state index in [1.165, 1.54) is 4.90 Å². The summed E-state index contributed by atoms with van der Waals surface area (Å²) >= 11 is 0. The number of likely N-dealkylation sites (tertiary alicyclic amines) is 1. The van der Waals surface area contributed by atoms with Crippen LogP contribution in [0.1, 0.15) is 12.0 Å². The third kappa shape index (κ3) is 3.21. The number of nitrogens with zero attached hydrogens (tertiary/aromatic N) is 1. The fourth-order valence-corrected chi connectivity index (χ4v) is 2.16. The Morgan fingerprint density at radius 3 is 2.78 bits per heavy atom. The molecule has 0 spiro atoms. The number of amides is 1. The predicted octanol–water partition coefficient (Wildman–Crippen LogP) is 0.889. The van der Waals surface area contributed by atoms with Crippen molar-refractivity contribution in [1.82, 2.24) is 10.2 Å². The first kappa shape index (κ1) is 12.9. The standard InChI is InChI=1S/C13H18N2O3/c16-12-6-7-15(13(17)18)9-11(12)14-8-10-4-2-1-3-5-10/h1-5,11-12,14,16H,6-9H2,(H,17,18)/t11-,12-/m1/s1. The number of hydrogen-bond donors (Lipinski definition) is 3. The molecule has 2 atom stereocenters. The number of rotatable bonds is 3. The van der Waals surface area contributed by atoms with Crippen molar-refractivity contribution in [3.63, 3.8) is 0 Å². The molecule has 1 aliphatic rings. The summed E-state index contributed by atoms with van der Waals surface area (Å²) in [6.07, 6.45) is -0.920. The molecule has 18 heavy (non-hydrogen) atoms. The molecule has 1 amide bonds. The summed E-state index contributed by atoms with van der Waals surface area (Å²) in [5.41, 5.74) is 1.12. The topological polar surface area (TPSA) is 72.8 Å². The number of carboxylic acid groups (broad SMARTS) is 1. The molecule has 0 unspecified atom stereocenters. The van der Waals surface area contributed by atoms with E-state index >= 15 is 0 Å². The van der Waals surface area contributed by atoms with Crippen LogP contribution in [0.2, 0.25) is 0 Å². The van der Waals surface area contributed by atoms with Gasteiger partial charge in [0, 0.05) is 19.6 Å². The zero-order chi connectivity index (χ0) is 13.0. The molecule has 5 nitrogen and oxygen atoms in total. The van der Waals surface area contributed by atoms with Crippen LogP contribution in [0, 0.1) is 0 Å². The third-order valence-corrected chi connectivity index (χ3v) is 3.26. The molecule has 3 N–H and O–H groups in total. The molecule has 1 aromatic rings. The molecular formula is C13H18N2O3. The van der Waals surface area contributed by atoms with Gasteiger partial charge in [0.25, 0.3) is 0 Å². The van der Waals surface area contributed by atoms with E-state index in [2.05, 4.69) is 5.32 Å². The number of carbonyl (C=O) groups is 1. The Morgan fingerprint density at radius 2 is 2.11 bits per heavy atom. The number of nitrogens with one attached hydrogen (secondary N) is 1. The summed E-state index contributed by atoms with van der Waals surface area (Å²) < 4.78 is 0. The summed E-state index contributed by atoms with van der Waals surface area (Å²) in [6.45, 7) is 1.37. The number of piperidine rings is 1. The molecule has 2 rings (SSSR count). The monoisotopic (exact) mass is 250 g/mol. The highest BCUT2D eigenvalue weighted by Gasteiger charge is 2.29. The van der Waals surface area contributed by atoms with Crippen LogP contribution in [0.15, 0.2) is 30.3 Å². The molecule has 0 aromatic heterocycles. The van der Waals surface area contributed by atoms with Gasteiger partial charge in [0.05, 0.1) is 12.1 Å². The van der Waals surface area contributed by atoms with E-state index in [-0.39, 0.29) is 6.04 Å². The highest BCUT2D eigenvalue weighted by Crippen LogP contribution is 2.12. The predicted molar refractivity (Wildman–Crippen MR) is 67.3 cm³/mol. The second kappa shape index (κ2) is 5.84. The first-order valence-electron chi connectivity index (χ1n) is 6.10. The van der Waals surface area contributed by atoms with Crippen LogP contribution < -0.4 is 5.32 Å². The molecule has 98 valence electrons. The largest absolute Gasteiger partial charge is 0.465 e. The Bertz CT molecular complexity index is 396. The molecule has 0 radical (unpaired) electrons. The second-order valence-corrected chi connectivity index (χ2v) is 4.56.